The number of rotatable bonds is 12. The van der Waals surface area contributed by atoms with Gasteiger partial charge in [-0.05, 0) is 109 Å². The van der Waals surface area contributed by atoms with E-state index in [4.69, 9.17) is 9.72 Å². The molecule has 3 amide bonds. The minimum absolute atomic E-state index is 0.0204. The molecule has 4 aliphatic heterocycles. The van der Waals surface area contributed by atoms with E-state index in [1.165, 1.54) is 12.1 Å². The van der Waals surface area contributed by atoms with Crippen molar-refractivity contribution >= 4 is 91.5 Å². The number of pyridine rings is 1. The number of halogens is 3. The Morgan fingerprint density at radius 2 is 1.65 bits per heavy atom. The molecule has 4 aliphatic rings. The molecule has 2 aromatic heterocycles. The summed E-state index contributed by atoms with van der Waals surface area (Å²) < 4.78 is 51.3. The van der Waals surface area contributed by atoms with Crippen LogP contribution in [0.25, 0.3) is 10.9 Å². The van der Waals surface area contributed by atoms with Crippen LogP contribution in [-0.2, 0) is 25.4 Å². The molecule has 19 heteroatoms. The maximum absolute atomic E-state index is 15.5. The lowest BCUT2D eigenvalue weighted by Gasteiger charge is -2.44. The number of piperidine rings is 2. The molecule has 15 nitrogen and oxygen atoms in total. The number of nitrogens with one attached hydrogen (secondary N) is 3. The van der Waals surface area contributed by atoms with Crippen molar-refractivity contribution in [3.63, 3.8) is 0 Å². The number of amides is 3. The van der Waals surface area contributed by atoms with Crippen LogP contribution in [0.15, 0.2) is 59.2 Å². The number of methoxy groups -OCH3 is 1. The fourth-order valence-corrected chi connectivity index (χ4v) is 12.8. The van der Waals surface area contributed by atoms with Crippen molar-refractivity contribution < 1.29 is 32.5 Å². The van der Waals surface area contributed by atoms with Gasteiger partial charge in [-0.15, -0.1) is 0 Å². The zero-order chi connectivity index (χ0) is 50.5. The summed E-state index contributed by atoms with van der Waals surface area (Å²) >= 11 is 3.61. The first-order chi connectivity index (χ1) is 33.8. The topological polar surface area (TPSA) is 165 Å². The van der Waals surface area contributed by atoms with Crippen LogP contribution in [0.2, 0.25) is 0 Å². The van der Waals surface area contributed by atoms with Gasteiger partial charge in [-0.25, -0.2) is 13.8 Å². The molecular formula is C52H62BrF2N10O5P. The SMILES string of the molecule is CCc1cc(Nc2ncc(Br)c(Nc3ccc4nc(C)ccc4c3P(C)(C)=O)n2)c(OC)cc1N1CCC(N2CCN(C(=O)[C@@H]3CN(c4cc(F)c([C@H]5CCC(=O)NC5=O)c(F)c4)CC3(C)C)CC2)CC1. The van der Waals surface area contributed by atoms with Crippen LogP contribution >= 0.6 is 23.1 Å². The summed E-state index contributed by atoms with van der Waals surface area (Å²) in [7, 11) is -1.10. The van der Waals surface area contributed by atoms with Gasteiger partial charge < -0.3 is 34.6 Å². The van der Waals surface area contributed by atoms with E-state index in [9.17, 15) is 18.9 Å². The summed E-state index contributed by atoms with van der Waals surface area (Å²) in [6.07, 6.45) is 4.50. The molecule has 4 saturated heterocycles. The number of aromatic nitrogens is 3. The van der Waals surface area contributed by atoms with Crippen molar-refractivity contribution in [2.75, 3.05) is 93.2 Å². The van der Waals surface area contributed by atoms with E-state index in [-0.39, 0.29) is 30.2 Å². The van der Waals surface area contributed by atoms with Crippen molar-refractivity contribution in [3.8, 4) is 5.75 Å². The van der Waals surface area contributed by atoms with E-state index in [0.717, 1.165) is 79.0 Å². The van der Waals surface area contributed by atoms with E-state index in [0.29, 0.717) is 70.9 Å². The molecule has 376 valence electrons. The molecule has 0 radical (unpaired) electrons. The first-order valence-corrected chi connectivity index (χ1v) is 27.8. The van der Waals surface area contributed by atoms with Crippen LogP contribution in [-0.4, -0.2) is 121 Å². The van der Waals surface area contributed by atoms with Gasteiger partial charge in [-0.3, -0.25) is 29.6 Å². The Balaban J connectivity index is 0.811. The molecular weight excluding hydrogens is 994 g/mol. The van der Waals surface area contributed by atoms with Gasteiger partial charge >= 0.3 is 0 Å². The molecule has 71 heavy (non-hydrogen) atoms. The summed E-state index contributed by atoms with van der Waals surface area (Å²) in [5.74, 6) is -2.64. The molecule has 0 saturated carbocycles. The number of nitrogens with zero attached hydrogens (tertiary/aromatic N) is 7. The Kier molecular flexibility index (Phi) is 14.2. The zero-order valence-electron chi connectivity index (χ0n) is 41.4. The van der Waals surface area contributed by atoms with Crippen LogP contribution in [0.3, 0.4) is 0 Å². The van der Waals surface area contributed by atoms with Gasteiger partial charge in [0.2, 0.25) is 23.7 Å². The Hall–Kier alpha value is -5.71. The first-order valence-electron chi connectivity index (χ1n) is 24.4. The number of carbonyl (C=O) groups excluding carboxylic acids is 3. The predicted molar refractivity (Wildman–Crippen MR) is 279 cm³/mol. The fourth-order valence-electron chi connectivity index (χ4n) is 11.0. The lowest BCUT2D eigenvalue weighted by Crippen LogP contribution is -2.56. The molecule has 9 rings (SSSR count). The highest BCUT2D eigenvalue weighted by molar-refractivity contribution is 9.10. The number of hydrogen-bond acceptors (Lipinski definition) is 13. The fraction of sp³-hybridized carbons (Fsp3) is 0.462. The van der Waals surface area contributed by atoms with E-state index in [1.54, 1.807) is 26.6 Å². The molecule has 0 bridgehead atoms. The summed E-state index contributed by atoms with van der Waals surface area (Å²) in [5, 5.41) is 10.5. The smallest absolute Gasteiger partial charge is 0.234 e. The van der Waals surface area contributed by atoms with Gasteiger partial charge in [0.25, 0.3) is 0 Å². The first kappa shape index (κ1) is 50.2. The van der Waals surface area contributed by atoms with Gasteiger partial charge in [0.15, 0.2) is 0 Å². The number of carbonyl (C=O) groups is 3. The average Bonchev–Trinajstić information content (AvgIpc) is 3.66. The number of aryl methyl sites for hydroxylation is 2. The van der Waals surface area contributed by atoms with Gasteiger partial charge in [-0.2, -0.15) is 4.98 Å². The number of benzene rings is 3. The lowest BCUT2D eigenvalue weighted by atomic mass is 9.81. The van der Waals surface area contributed by atoms with E-state index >= 15 is 8.78 Å². The molecule has 2 atom stereocenters. The van der Waals surface area contributed by atoms with Gasteiger partial charge in [0.05, 0.1) is 40.3 Å². The highest BCUT2D eigenvalue weighted by Crippen LogP contribution is 2.44. The van der Waals surface area contributed by atoms with Gasteiger partial charge in [0.1, 0.15) is 30.3 Å². The molecule has 3 aromatic carbocycles. The molecule has 0 unspecified atom stereocenters. The minimum Gasteiger partial charge on any atom is -0.494 e. The van der Waals surface area contributed by atoms with Crippen LogP contribution < -0.4 is 35.8 Å². The molecule has 4 fully saturated rings. The Labute approximate surface area is 422 Å². The van der Waals surface area contributed by atoms with Crippen molar-refractivity contribution in [2.45, 2.75) is 71.8 Å². The van der Waals surface area contributed by atoms with Gasteiger partial charge in [0, 0.05) is 110 Å². The molecule has 3 N–H and O–H groups in total. The Morgan fingerprint density at radius 3 is 2.31 bits per heavy atom. The Morgan fingerprint density at radius 1 is 0.930 bits per heavy atom. The van der Waals surface area contributed by atoms with Gasteiger partial charge in [-0.1, -0.05) is 26.8 Å². The second-order valence-electron chi connectivity index (χ2n) is 20.3. The van der Waals surface area contributed by atoms with Crippen molar-refractivity contribution in [2.24, 2.45) is 11.3 Å². The second kappa shape index (κ2) is 20.1. The van der Waals surface area contributed by atoms with Crippen molar-refractivity contribution in [1.29, 1.82) is 0 Å². The normalized spacial score (nSPS) is 20.1. The number of anilines is 6. The lowest BCUT2D eigenvalue weighted by molar-refractivity contribution is -0.140. The minimum atomic E-state index is -2.75. The summed E-state index contributed by atoms with van der Waals surface area (Å²) in [5.41, 5.74) is 4.94. The third kappa shape index (κ3) is 10.3. The van der Waals surface area contributed by atoms with Crippen LogP contribution in [0.1, 0.15) is 69.2 Å². The largest absolute Gasteiger partial charge is 0.494 e. The number of piperazine rings is 1. The molecule has 0 spiro atoms. The van der Waals surface area contributed by atoms with E-state index in [2.05, 4.69) is 70.7 Å². The van der Waals surface area contributed by atoms with E-state index < -0.39 is 41.9 Å². The van der Waals surface area contributed by atoms with Crippen LogP contribution in [0.5, 0.6) is 5.75 Å². The maximum atomic E-state index is 15.5. The monoisotopic (exact) mass is 1050 g/mol. The van der Waals surface area contributed by atoms with Crippen LogP contribution in [0, 0.1) is 29.9 Å². The standard InChI is InChI=1S/C52H62BrF2N10O5P/c1-8-31-23-42(59-51-56-27-37(53)48(61-51)58-41-13-12-40-34(10-9-30(2)57-40)47(41)71(6,7)69)44(70-5)26-43(31)63-17-15-32(16-18-63)62-19-21-64(22-20-62)50(68)36-28-65(29-52(36,3)4)33-24-38(54)46(39(55)25-33)35-11-14-45(66)60-49(35)67/h9-10,12-13,23-27,32,35-36H,8,11,14-22,28-29H2,1-7H3,(H,60,66,67)(H2,56,58,59,61)/t35-,36+/m1/s1. The molecule has 6 heterocycles. The number of ether oxygens (including phenoxy) is 1. The van der Waals surface area contributed by atoms with E-state index in [1.807, 2.05) is 54.8 Å². The average molecular weight is 1060 g/mol. The third-order valence-corrected chi connectivity index (χ3v) is 16.9. The van der Waals surface area contributed by atoms with Crippen molar-refractivity contribution in [3.05, 3.63) is 87.7 Å². The Bertz CT molecular complexity index is 2930. The quantitative estimate of drug-likeness (QED) is 0.0806. The number of hydrogen-bond donors (Lipinski definition) is 3. The second-order valence-corrected chi connectivity index (χ2v) is 24.3. The molecule has 0 aliphatic carbocycles. The highest BCUT2D eigenvalue weighted by Gasteiger charge is 2.46. The number of fused-ring (bicyclic) bond motifs is 1. The summed E-state index contributed by atoms with van der Waals surface area (Å²) in [4.78, 5) is 61.1. The summed E-state index contributed by atoms with van der Waals surface area (Å²) in [6.45, 7) is 16.9. The van der Waals surface area contributed by atoms with Crippen LogP contribution in [0.4, 0.5) is 43.3 Å². The predicted octanol–water partition coefficient (Wildman–Crippen LogP) is 8.48. The van der Waals surface area contributed by atoms with Crippen molar-refractivity contribution in [1.82, 2.24) is 30.1 Å². The number of imide groups is 1. The highest BCUT2D eigenvalue weighted by atomic mass is 79.9. The molecule has 5 aromatic rings. The third-order valence-electron chi connectivity index (χ3n) is 14.8. The summed E-state index contributed by atoms with van der Waals surface area (Å²) in [6, 6.07) is 14.8. The maximum Gasteiger partial charge on any atom is 0.234 e. The zero-order valence-corrected chi connectivity index (χ0v) is 43.9.